The smallest absolute Gasteiger partial charge is 0.309 e. The average molecular weight is 394 g/mol. The number of aliphatic carboxylic acids is 1. The molecule has 6 nitrogen and oxygen atoms in total. The van der Waals surface area contributed by atoms with Gasteiger partial charge >= 0.3 is 5.97 Å². The largest absolute Gasteiger partial charge is 0.481 e. The van der Waals surface area contributed by atoms with Crippen molar-refractivity contribution in [2.45, 2.75) is 6.42 Å². The lowest BCUT2D eigenvalue weighted by atomic mass is 10.2. The van der Waals surface area contributed by atoms with Crippen molar-refractivity contribution in [2.75, 3.05) is 0 Å². The highest BCUT2D eigenvalue weighted by atomic mass is 35.5. The van der Waals surface area contributed by atoms with E-state index in [1.807, 2.05) is 0 Å². The average Bonchev–Trinajstić information content (AvgIpc) is 2.57. The minimum atomic E-state index is -0.998. The molecule has 3 rings (SSSR count). The molecule has 0 saturated carbocycles. The van der Waals surface area contributed by atoms with Crippen LogP contribution >= 0.6 is 23.2 Å². The van der Waals surface area contributed by atoms with Crippen molar-refractivity contribution in [3.63, 3.8) is 0 Å². The van der Waals surface area contributed by atoms with E-state index in [9.17, 15) is 9.18 Å². The maximum absolute atomic E-state index is 13.8. The van der Waals surface area contributed by atoms with Gasteiger partial charge in [-0.1, -0.05) is 23.2 Å². The van der Waals surface area contributed by atoms with Crippen LogP contribution in [0.1, 0.15) is 5.69 Å². The SMILES string of the molecule is O=C(O)Cc1ccnc(-c2ccc(Oc3ncc(Cl)cc3F)cc2Cl)n1. The number of aromatic nitrogens is 3. The molecule has 3 aromatic rings. The minimum Gasteiger partial charge on any atom is -0.481 e. The maximum Gasteiger partial charge on any atom is 0.309 e. The summed E-state index contributed by atoms with van der Waals surface area (Å²) in [5, 5.41) is 9.26. The van der Waals surface area contributed by atoms with Crippen LogP contribution in [0, 0.1) is 5.82 Å². The first-order chi connectivity index (χ1) is 12.4. The van der Waals surface area contributed by atoms with Crippen LogP contribution in [0.25, 0.3) is 11.4 Å². The summed E-state index contributed by atoms with van der Waals surface area (Å²) in [6.45, 7) is 0. The number of carboxylic acids is 1. The summed E-state index contributed by atoms with van der Waals surface area (Å²) in [5.41, 5.74) is 0.835. The molecule has 0 saturated heterocycles. The van der Waals surface area contributed by atoms with Gasteiger partial charge in [0.2, 0.25) is 0 Å². The Balaban J connectivity index is 1.87. The van der Waals surface area contributed by atoms with E-state index in [2.05, 4.69) is 15.0 Å². The van der Waals surface area contributed by atoms with Crippen molar-refractivity contribution >= 4 is 29.2 Å². The van der Waals surface area contributed by atoms with Gasteiger partial charge in [0.15, 0.2) is 11.6 Å². The number of pyridine rings is 1. The van der Waals surface area contributed by atoms with E-state index in [-0.39, 0.29) is 33.9 Å². The first-order valence-corrected chi connectivity index (χ1v) is 8.00. The minimum absolute atomic E-state index is 0.154. The van der Waals surface area contributed by atoms with E-state index in [0.717, 1.165) is 6.07 Å². The fraction of sp³-hybridized carbons (Fsp3) is 0.0588. The highest BCUT2D eigenvalue weighted by molar-refractivity contribution is 6.33. The van der Waals surface area contributed by atoms with Gasteiger partial charge in [0.05, 0.1) is 22.2 Å². The molecule has 0 amide bonds. The van der Waals surface area contributed by atoms with Crippen LogP contribution in [0.5, 0.6) is 11.6 Å². The topological polar surface area (TPSA) is 85.2 Å². The van der Waals surface area contributed by atoms with Gasteiger partial charge in [-0.25, -0.2) is 19.3 Å². The Kier molecular flexibility index (Phi) is 5.29. The van der Waals surface area contributed by atoms with Crippen molar-refractivity contribution in [3.05, 3.63) is 64.3 Å². The number of rotatable bonds is 5. The molecule has 132 valence electrons. The molecule has 0 aliphatic rings. The quantitative estimate of drug-likeness (QED) is 0.690. The second kappa shape index (κ2) is 7.63. The van der Waals surface area contributed by atoms with Crippen LogP contribution < -0.4 is 4.74 Å². The summed E-state index contributed by atoms with van der Waals surface area (Å²) in [4.78, 5) is 22.8. The van der Waals surface area contributed by atoms with E-state index in [0.29, 0.717) is 11.3 Å². The van der Waals surface area contributed by atoms with Crippen molar-refractivity contribution < 1.29 is 19.0 Å². The number of nitrogens with zero attached hydrogens (tertiary/aromatic N) is 3. The standard InChI is InChI=1S/C17H10Cl2FN3O3/c18-9-5-14(20)17(22-8-9)26-11-1-2-12(13(19)7-11)16-21-4-3-10(23-16)6-15(24)25/h1-5,7-8H,6H2,(H,24,25). The molecule has 2 aromatic heterocycles. The van der Waals surface area contributed by atoms with Crippen LogP contribution in [0.15, 0.2) is 42.7 Å². The fourth-order valence-corrected chi connectivity index (χ4v) is 2.51. The summed E-state index contributed by atoms with van der Waals surface area (Å²) < 4.78 is 19.1. The number of carboxylic acid groups (broad SMARTS) is 1. The number of carbonyl (C=O) groups is 1. The molecule has 0 atom stereocenters. The normalized spacial score (nSPS) is 10.6. The molecular formula is C17H10Cl2FN3O3. The highest BCUT2D eigenvalue weighted by Gasteiger charge is 2.12. The van der Waals surface area contributed by atoms with Crippen molar-refractivity contribution in [2.24, 2.45) is 0 Å². The second-order valence-electron chi connectivity index (χ2n) is 5.13. The van der Waals surface area contributed by atoms with Crippen molar-refractivity contribution in [1.29, 1.82) is 0 Å². The first-order valence-electron chi connectivity index (χ1n) is 7.25. The summed E-state index contributed by atoms with van der Waals surface area (Å²) >= 11 is 11.9. The van der Waals surface area contributed by atoms with Gasteiger partial charge in [-0.3, -0.25) is 4.79 Å². The molecule has 0 fully saturated rings. The molecule has 0 aliphatic heterocycles. The number of hydrogen-bond donors (Lipinski definition) is 1. The Hall–Kier alpha value is -2.77. The summed E-state index contributed by atoms with van der Waals surface area (Å²) in [7, 11) is 0. The number of hydrogen-bond acceptors (Lipinski definition) is 5. The van der Waals surface area contributed by atoms with Gasteiger partial charge in [0.1, 0.15) is 5.75 Å². The maximum atomic E-state index is 13.8. The van der Waals surface area contributed by atoms with Crippen LogP contribution in [-0.2, 0) is 11.2 Å². The Labute approximate surface area is 157 Å². The second-order valence-corrected chi connectivity index (χ2v) is 5.97. The molecular weight excluding hydrogens is 384 g/mol. The number of benzene rings is 1. The molecule has 2 heterocycles. The van der Waals surface area contributed by atoms with Gasteiger partial charge < -0.3 is 9.84 Å². The third-order valence-electron chi connectivity index (χ3n) is 3.22. The molecule has 0 spiro atoms. The molecule has 0 unspecified atom stereocenters. The Morgan fingerprint density at radius 2 is 2.00 bits per heavy atom. The zero-order valence-corrected chi connectivity index (χ0v) is 14.5. The molecule has 9 heteroatoms. The van der Waals surface area contributed by atoms with Gasteiger partial charge in [0.25, 0.3) is 5.88 Å². The zero-order chi connectivity index (χ0) is 18.7. The van der Waals surface area contributed by atoms with Crippen molar-refractivity contribution in [1.82, 2.24) is 15.0 Å². The van der Waals surface area contributed by atoms with E-state index in [1.165, 1.54) is 24.5 Å². The number of halogens is 3. The Bertz CT molecular complexity index is 985. The van der Waals surface area contributed by atoms with Crippen LogP contribution in [0.4, 0.5) is 4.39 Å². The molecule has 26 heavy (non-hydrogen) atoms. The Morgan fingerprint density at radius 3 is 2.69 bits per heavy atom. The van der Waals surface area contributed by atoms with Gasteiger partial charge in [-0.15, -0.1) is 0 Å². The molecule has 1 N–H and O–H groups in total. The van der Waals surface area contributed by atoms with Crippen LogP contribution in [0.3, 0.4) is 0 Å². The predicted octanol–water partition coefficient (Wildman–Crippen LogP) is 4.40. The lowest BCUT2D eigenvalue weighted by Gasteiger charge is -2.09. The zero-order valence-electron chi connectivity index (χ0n) is 13.0. The summed E-state index contributed by atoms with van der Waals surface area (Å²) in [5.74, 6) is -1.41. The monoisotopic (exact) mass is 393 g/mol. The number of ether oxygens (including phenoxy) is 1. The molecule has 1 aromatic carbocycles. The molecule has 0 bridgehead atoms. The van der Waals surface area contributed by atoms with Gasteiger partial charge in [-0.2, -0.15) is 0 Å². The Morgan fingerprint density at radius 1 is 1.19 bits per heavy atom. The van der Waals surface area contributed by atoms with E-state index < -0.39 is 11.8 Å². The highest BCUT2D eigenvalue weighted by Crippen LogP contribution is 2.32. The van der Waals surface area contributed by atoms with Gasteiger partial charge in [0, 0.05) is 24.0 Å². The van der Waals surface area contributed by atoms with E-state index in [1.54, 1.807) is 12.1 Å². The van der Waals surface area contributed by atoms with Crippen LogP contribution in [-0.4, -0.2) is 26.0 Å². The van der Waals surface area contributed by atoms with Gasteiger partial charge in [-0.05, 0) is 24.3 Å². The lowest BCUT2D eigenvalue weighted by Crippen LogP contribution is -2.03. The predicted molar refractivity (Wildman–Crippen MR) is 93.1 cm³/mol. The third-order valence-corrected chi connectivity index (χ3v) is 3.74. The summed E-state index contributed by atoms with van der Waals surface area (Å²) in [6, 6.07) is 7.19. The third kappa shape index (κ3) is 4.25. The molecule has 0 aliphatic carbocycles. The van der Waals surface area contributed by atoms with Crippen molar-refractivity contribution in [3.8, 4) is 23.0 Å². The first kappa shape index (κ1) is 18.0. The fourth-order valence-electron chi connectivity index (χ4n) is 2.11. The van der Waals surface area contributed by atoms with E-state index in [4.69, 9.17) is 33.0 Å². The molecule has 0 radical (unpaired) electrons. The van der Waals surface area contributed by atoms with E-state index >= 15 is 0 Å². The summed E-state index contributed by atoms with van der Waals surface area (Å²) in [6.07, 6.45) is 2.49. The van der Waals surface area contributed by atoms with Crippen LogP contribution in [0.2, 0.25) is 10.0 Å². The lowest BCUT2D eigenvalue weighted by molar-refractivity contribution is -0.136.